The lowest BCUT2D eigenvalue weighted by molar-refractivity contribution is 0.105. The first kappa shape index (κ1) is 24.6. The van der Waals surface area contributed by atoms with Gasteiger partial charge in [-0.15, -0.1) is 0 Å². The van der Waals surface area contributed by atoms with Gasteiger partial charge in [-0.2, -0.15) is 0 Å². The molecule has 0 radical (unpaired) electrons. The number of para-hydroxylation sites is 1. The minimum absolute atomic E-state index is 0.236. The molecule has 35 heavy (non-hydrogen) atoms. The fraction of sp³-hybridized carbons (Fsp3) is 0.429. The molecular formula is C28H35N3O4. The Bertz CT molecular complexity index is 1140. The van der Waals surface area contributed by atoms with Gasteiger partial charge < -0.3 is 24.0 Å². The number of amides is 1. The number of carbonyl (C=O) groups excluding carboxylic acids is 1. The molecule has 1 aliphatic heterocycles. The number of nitrogens with zero attached hydrogens (tertiary/aromatic N) is 3. The van der Waals surface area contributed by atoms with Gasteiger partial charge in [-0.3, -0.25) is 0 Å². The van der Waals surface area contributed by atoms with Gasteiger partial charge in [-0.05, 0) is 44.5 Å². The fourth-order valence-corrected chi connectivity index (χ4v) is 4.25. The minimum atomic E-state index is -0.236. The summed E-state index contributed by atoms with van der Waals surface area (Å²) in [6, 6.07) is 16.2. The number of hydrogen-bond donors (Lipinski definition) is 0. The summed E-state index contributed by atoms with van der Waals surface area (Å²) in [6.07, 6.45) is 1.87. The highest BCUT2D eigenvalue weighted by molar-refractivity contribution is 5.86. The summed E-state index contributed by atoms with van der Waals surface area (Å²) in [5.41, 5.74) is 3.89. The Morgan fingerprint density at radius 3 is 2.57 bits per heavy atom. The van der Waals surface area contributed by atoms with E-state index in [1.54, 1.807) is 4.90 Å². The van der Waals surface area contributed by atoms with E-state index in [2.05, 4.69) is 36.9 Å². The molecule has 0 aliphatic carbocycles. The Kier molecular flexibility index (Phi) is 8.29. The first-order valence-corrected chi connectivity index (χ1v) is 12.5. The molecule has 2 heterocycles. The average Bonchev–Trinajstić information content (AvgIpc) is 2.89. The number of aromatic nitrogens is 1. The van der Waals surface area contributed by atoms with Crippen molar-refractivity contribution in [2.24, 2.45) is 0 Å². The maximum atomic E-state index is 12.0. The maximum Gasteiger partial charge on any atom is 0.409 e. The highest BCUT2D eigenvalue weighted by atomic mass is 16.6. The van der Waals surface area contributed by atoms with E-state index in [0.29, 0.717) is 32.9 Å². The SMILES string of the molecule is CCCCOc1c(C)c(COc2cccc(N3CCN(C(=O)OCC)CC3)c2)nc2ccccc12. The van der Waals surface area contributed by atoms with Crippen LogP contribution in [0.5, 0.6) is 11.5 Å². The van der Waals surface area contributed by atoms with E-state index in [1.165, 1.54) is 0 Å². The van der Waals surface area contributed by atoms with E-state index in [1.807, 2.05) is 37.3 Å². The van der Waals surface area contributed by atoms with Gasteiger partial charge in [-0.25, -0.2) is 9.78 Å². The number of hydrogen-bond acceptors (Lipinski definition) is 6. The molecule has 186 valence electrons. The second kappa shape index (κ2) is 11.8. The third-order valence-corrected chi connectivity index (χ3v) is 6.29. The maximum absolute atomic E-state index is 12.0. The van der Waals surface area contributed by atoms with E-state index in [0.717, 1.165) is 65.3 Å². The molecule has 7 heteroatoms. The lowest BCUT2D eigenvalue weighted by Crippen LogP contribution is -2.49. The second-order valence-corrected chi connectivity index (χ2v) is 8.69. The lowest BCUT2D eigenvalue weighted by Gasteiger charge is -2.35. The predicted molar refractivity (Wildman–Crippen MR) is 138 cm³/mol. The molecular weight excluding hydrogens is 442 g/mol. The molecule has 0 bridgehead atoms. The third kappa shape index (κ3) is 5.96. The summed E-state index contributed by atoms with van der Waals surface area (Å²) in [6.45, 7) is 10.3. The predicted octanol–water partition coefficient (Wildman–Crippen LogP) is 5.58. The number of fused-ring (bicyclic) bond motifs is 1. The van der Waals surface area contributed by atoms with Gasteiger partial charge in [0.25, 0.3) is 0 Å². The van der Waals surface area contributed by atoms with E-state index in [4.69, 9.17) is 19.2 Å². The topological polar surface area (TPSA) is 64.1 Å². The number of piperazine rings is 1. The normalized spacial score (nSPS) is 13.7. The smallest absolute Gasteiger partial charge is 0.409 e. The van der Waals surface area contributed by atoms with Crippen LogP contribution in [0.25, 0.3) is 10.9 Å². The standard InChI is InChI=1S/C28H35N3O4/c1-4-6-18-34-27-21(3)26(29-25-13-8-7-12-24(25)27)20-35-23-11-9-10-22(19-23)30-14-16-31(17-15-30)28(32)33-5-2/h7-13,19H,4-6,14-18,20H2,1-3H3. The van der Waals surface area contributed by atoms with Crippen LogP contribution in [0.2, 0.25) is 0 Å². The molecule has 2 aromatic carbocycles. The van der Waals surface area contributed by atoms with Gasteiger partial charge in [-0.1, -0.05) is 31.5 Å². The summed E-state index contributed by atoms with van der Waals surface area (Å²) < 4.78 is 17.5. The zero-order valence-electron chi connectivity index (χ0n) is 21.0. The van der Waals surface area contributed by atoms with Gasteiger partial charge in [0.2, 0.25) is 0 Å². The van der Waals surface area contributed by atoms with E-state index in [-0.39, 0.29) is 6.09 Å². The summed E-state index contributed by atoms with van der Waals surface area (Å²) in [5, 5.41) is 1.04. The van der Waals surface area contributed by atoms with E-state index < -0.39 is 0 Å². The number of unbranched alkanes of at least 4 members (excludes halogenated alkanes) is 1. The average molecular weight is 478 g/mol. The molecule has 0 N–H and O–H groups in total. The number of ether oxygens (including phenoxy) is 3. The van der Waals surface area contributed by atoms with Crippen LogP contribution in [0.3, 0.4) is 0 Å². The largest absolute Gasteiger partial charge is 0.493 e. The van der Waals surface area contributed by atoms with Crippen LogP contribution in [0, 0.1) is 6.92 Å². The van der Waals surface area contributed by atoms with Crippen LogP contribution >= 0.6 is 0 Å². The zero-order chi connectivity index (χ0) is 24.6. The van der Waals surface area contributed by atoms with Crippen molar-refractivity contribution in [1.29, 1.82) is 0 Å². The number of benzene rings is 2. The first-order valence-electron chi connectivity index (χ1n) is 12.5. The monoisotopic (exact) mass is 477 g/mol. The Labute approximate surface area is 207 Å². The van der Waals surface area contributed by atoms with Crippen LogP contribution in [-0.2, 0) is 11.3 Å². The van der Waals surface area contributed by atoms with Gasteiger partial charge in [0.05, 0.1) is 24.4 Å². The Balaban J connectivity index is 1.45. The Morgan fingerprint density at radius 1 is 1.00 bits per heavy atom. The van der Waals surface area contributed by atoms with Crippen molar-refractivity contribution in [2.45, 2.75) is 40.2 Å². The van der Waals surface area contributed by atoms with E-state index in [9.17, 15) is 4.79 Å². The second-order valence-electron chi connectivity index (χ2n) is 8.69. The molecule has 0 atom stereocenters. The van der Waals surface area contributed by atoms with Crippen molar-refractivity contribution >= 4 is 22.7 Å². The molecule has 0 saturated carbocycles. The molecule has 1 aromatic heterocycles. The van der Waals surface area contributed by atoms with Crippen LogP contribution in [-0.4, -0.2) is 55.4 Å². The minimum Gasteiger partial charge on any atom is -0.493 e. The zero-order valence-corrected chi connectivity index (χ0v) is 21.0. The molecule has 0 unspecified atom stereocenters. The molecule has 7 nitrogen and oxygen atoms in total. The lowest BCUT2D eigenvalue weighted by atomic mass is 10.1. The van der Waals surface area contributed by atoms with Crippen molar-refractivity contribution in [3.63, 3.8) is 0 Å². The molecule has 1 fully saturated rings. The van der Waals surface area contributed by atoms with E-state index >= 15 is 0 Å². The molecule has 0 spiro atoms. The summed E-state index contributed by atoms with van der Waals surface area (Å²) in [4.78, 5) is 20.9. The summed E-state index contributed by atoms with van der Waals surface area (Å²) in [5.74, 6) is 1.69. The highest BCUT2D eigenvalue weighted by Gasteiger charge is 2.22. The molecule has 1 amide bonds. The van der Waals surface area contributed by atoms with Gasteiger partial charge in [0, 0.05) is 48.9 Å². The van der Waals surface area contributed by atoms with Crippen LogP contribution in [0.1, 0.15) is 37.9 Å². The van der Waals surface area contributed by atoms with Crippen molar-refractivity contribution in [2.75, 3.05) is 44.3 Å². The van der Waals surface area contributed by atoms with Gasteiger partial charge in [0.15, 0.2) is 0 Å². The number of rotatable bonds is 9. The van der Waals surface area contributed by atoms with Crippen molar-refractivity contribution < 1.29 is 19.0 Å². The van der Waals surface area contributed by atoms with Gasteiger partial charge in [0.1, 0.15) is 18.1 Å². The first-order chi connectivity index (χ1) is 17.1. The highest BCUT2D eigenvalue weighted by Crippen LogP contribution is 2.31. The molecule has 3 aromatic rings. The van der Waals surface area contributed by atoms with Crippen LogP contribution in [0.15, 0.2) is 48.5 Å². The molecule has 1 saturated heterocycles. The number of pyridine rings is 1. The quantitative estimate of drug-likeness (QED) is 0.375. The summed E-state index contributed by atoms with van der Waals surface area (Å²) >= 11 is 0. The van der Waals surface area contributed by atoms with Crippen molar-refractivity contribution in [3.05, 3.63) is 59.8 Å². The molecule has 4 rings (SSSR count). The summed E-state index contributed by atoms with van der Waals surface area (Å²) in [7, 11) is 0. The Hall–Kier alpha value is -3.48. The number of anilines is 1. The number of carbonyl (C=O) groups is 1. The third-order valence-electron chi connectivity index (χ3n) is 6.29. The fourth-order valence-electron chi connectivity index (χ4n) is 4.25. The van der Waals surface area contributed by atoms with Crippen LogP contribution in [0.4, 0.5) is 10.5 Å². The Morgan fingerprint density at radius 2 is 1.80 bits per heavy atom. The van der Waals surface area contributed by atoms with Crippen molar-refractivity contribution in [1.82, 2.24) is 9.88 Å². The van der Waals surface area contributed by atoms with Gasteiger partial charge >= 0.3 is 6.09 Å². The van der Waals surface area contributed by atoms with Crippen LogP contribution < -0.4 is 14.4 Å². The molecule has 1 aliphatic rings. The van der Waals surface area contributed by atoms with Crippen molar-refractivity contribution in [3.8, 4) is 11.5 Å².